The van der Waals surface area contributed by atoms with Gasteiger partial charge in [-0.2, -0.15) is 0 Å². The summed E-state index contributed by atoms with van der Waals surface area (Å²) in [5.74, 6) is 0. The summed E-state index contributed by atoms with van der Waals surface area (Å²) in [5, 5.41) is 76.5. The lowest BCUT2D eigenvalue weighted by atomic mass is 9.97. The summed E-state index contributed by atoms with van der Waals surface area (Å²) >= 11 is 0. The van der Waals surface area contributed by atoms with Crippen LogP contribution in [0.4, 0.5) is 4.79 Å². The standard InChI is InChI=1S/C13H22O13/c14-1-3-5(16)6(17)8(19)11(23-3)25-10-4(2-15)24-12(26-13(21)22)9(20)7(10)18/h3-12,14-20H,1-2H2,(H,21,22)/t3-,4-,5-,6+,7-,8-,9-,10-,11-,12+/m1/s1. The number of hydrogen-bond acceptors (Lipinski definition) is 12. The Labute approximate surface area is 146 Å². The number of hydrogen-bond donors (Lipinski definition) is 8. The highest BCUT2D eigenvalue weighted by molar-refractivity contribution is 5.57. The molecule has 2 aliphatic heterocycles. The zero-order valence-corrected chi connectivity index (χ0v) is 13.3. The molecule has 13 heteroatoms. The van der Waals surface area contributed by atoms with Crippen molar-refractivity contribution in [2.75, 3.05) is 13.2 Å². The van der Waals surface area contributed by atoms with Crippen LogP contribution in [0.15, 0.2) is 0 Å². The maximum atomic E-state index is 10.6. The van der Waals surface area contributed by atoms with Crippen LogP contribution in [0.2, 0.25) is 0 Å². The molecule has 2 heterocycles. The summed E-state index contributed by atoms with van der Waals surface area (Å²) in [6.45, 7) is -1.50. The molecule has 0 radical (unpaired) electrons. The molecule has 0 aromatic carbocycles. The predicted octanol–water partition coefficient (Wildman–Crippen LogP) is -4.69. The van der Waals surface area contributed by atoms with E-state index in [0.29, 0.717) is 0 Å². The Morgan fingerprint density at radius 1 is 0.769 bits per heavy atom. The Bertz CT molecular complexity index is 471. The number of rotatable bonds is 5. The zero-order chi connectivity index (χ0) is 19.6. The Balaban J connectivity index is 2.12. The summed E-state index contributed by atoms with van der Waals surface area (Å²) in [6.07, 6.45) is -18.3. The minimum Gasteiger partial charge on any atom is -0.450 e. The van der Waals surface area contributed by atoms with E-state index in [4.69, 9.17) is 24.4 Å². The highest BCUT2D eigenvalue weighted by Gasteiger charge is 2.51. The quantitative estimate of drug-likeness (QED) is 0.209. The zero-order valence-electron chi connectivity index (χ0n) is 13.3. The van der Waals surface area contributed by atoms with Crippen molar-refractivity contribution in [1.82, 2.24) is 0 Å². The van der Waals surface area contributed by atoms with Crippen LogP contribution in [0.3, 0.4) is 0 Å². The average Bonchev–Trinajstić information content (AvgIpc) is 2.60. The van der Waals surface area contributed by atoms with Gasteiger partial charge in [-0.15, -0.1) is 0 Å². The van der Waals surface area contributed by atoms with Gasteiger partial charge in [0.1, 0.15) is 48.8 Å². The van der Waals surface area contributed by atoms with E-state index in [1.165, 1.54) is 0 Å². The van der Waals surface area contributed by atoms with Crippen molar-refractivity contribution in [2.24, 2.45) is 0 Å². The highest BCUT2D eigenvalue weighted by Crippen LogP contribution is 2.29. The van der Waals surface area contributed by atoms with E-state index in [2.05, 4.69) is 4.74 Å². The normalized spacial score (nSPS) is 46.7. The first-order valence-electron chi connectivity index (χ1n) is 7.69. The molecule has 0 saturated carbocycles. The largest absolute Gasteiger partial charge is 0.508 e. The van der Waals surface area contributed by atoms with E-state index in [1.807, 2.05) is 0 Å². The van der Waals surface area contributed by atoms with Gasteiger partial charge in [0.2, 0.25) is 6.29 Å². The second-order valence-electron chi connectivity index (χ2n) is 5.89. The number of carbonyl (C=O) groups is 1. The van der Waals surface area contributed by atoms with Crippen molar-refractivity contribution in [1.29, 1.82) is 0 Å². The third-order valence-electron chi connectivity index (χ3n) is 4.18. The molecule has 0 amide bonds. The first-order chi connectivity index (χ1) is 12.2. The van der Waals surface area contributed by atoms with E-state index in [0.717, 1.165) is 0 Å². The molecule has 13 nitrogen and oxygen atoms in total. The van der Waals surface area contributed by atoms with Gasteiger partial charge in [-0.25, -0.2) is 4.79 Å². The molecule has 0 unspecified atom stereocenters. The first-order valence-corrected chi connectivity index (χ1v) is 7.69. The molecule has 2 saturated heterocycles. The fraction of sp³-hybridized carbons (Fsp3) is 0.923. The second-order valence-corrected chi connectivity index (χ2v) is 5.89. The van der Waals surface area contributed by atoms with Crippen molar-refractivity contribution >= 4 is 6.16 Å². The van der Waals surface area contributed by atoms with Crippen LogP contribution < -0.4 is 0 Å². The lowest BCUT2D eigenvalue weighted by molar-refractivity contribution is -0.355. The average molecular weight is 386 g/mol. The van der Waals surface area contributed by atoms with Crippen LogP contribution >= 0.6 is 0 Å². The third-order valence-corrected chi connectivity index (χ3v) is 4.18. The molecule has 8 N–H and O–H groups in total. The van der Waals surface area contributed by atoms with Gasteiger partial charge in [-0.05, 0) is 0 Å². The third kappa shape index (κ3) is 4.23. The molecular weight excluding hydrogens is 364 g/mol. The predicted molar refractivity (Wildman–Crippen MR) is 75.5 cm³/mol. The number of carboxylic acid groups (broad SMARTS) is 1. The number of aliphatic hydroxyl groups is 7. The molecule has 152 valence electrons. The molecular formula is C13H22O13. The van der Waals surface area contributed by atoms with E-state index in [1.54, 1.807) is 0 Å². The fourth-order valence-corrected chi connectivity index (χ4v) is 2.75. The Morgan fingerprint density at radius 3 is 1.85 bits per heavy atom. The van der Waals surface area contributed by atoms with Gasteiger partial charge in [0, 0.05) is 0 Å². The summed E-state index contributed by atoms with van der Waals surface area (Å²) < 4.78 is 19.7. The van der Waals surface area contributed by atoms with Gasteiger partial charge in [-0.3, -0.25) is 0 Å². The molecule has 0 aromatic heterocycles. The molecule has 26 heavy (non-hydrogen) atoms. The Kier molecular flexibility index (Phi) is 7.09. The lowest BCUT2D eigenvalue weighted by Gasteiger charge is -2.45. The van der Waals surface area contributed by atoms with Crippen molar-refractivity contribution in [2.45, 2.75) is 61.4 Å². The molecule has 0 spiro atoms. The smallest absolute Gasteiger partial charge is 0.450 e. The van der Waals surface area contributed by atoms with Gasteiger partial charge in [0.15, 0.2) is 6.29 Å². The van der Waals surface area contributed by atoms with Crippen LogP contribution in [0, 0.1) is 0 Å². The summed E-state index contributed by atoms with van der Waals surface area (Å²) in [4.78, 5) is 10.6. The summed E-state index contributed by atoms with van der Waals surface area (Å²) in [5.41, 5.74) is 0. The minimum absolute atomic E-state index is 0.713. The van der Waals surface area contributed by atoms with Gasteiger partial charge in [-0.1, -0.05) is 0 Å². The maximum absolute atomic E-state index is 10.6. The molecule has 2 fully saturated rings. The molecule has 2 aliphatic rings. The van der Waals surface area contributed by atoms with Crippen molar-refractivity contribution < 1.29 is 64.6 Å². The van der Waals surface area contributed by atoms with E-state index >= 15 is 0 Å². The lowest BCUT2D eigenvalue weighted by Crippen LogP contribution is -2.64. The summed E-state index contributed by atoms with van der Waals surface area (Å²) in [6, 6.07) is 0. The van der Waals surface area contributed by atoms with Crippen molar-refractivity contribution in [3.63, 3.8) is 0 Å². The topological polar surface area (TPSA) is 216 Å². The van der Waals surface area contributed by atoms with Gasteiger partial charge in [0.05, 0.1) is 13.2 Å². The van der Waals surface area contributed by atoms with Gasteiger partial charge in [0.25, 0.3) is 0 Å². The molecule has 0 aliphatic carbocycles. The first kappa shape index (κ1) is 21.2. The van der Waals surface area contributed by atoms with Gasteiger partial charge >= 0.3 is 6.16 Å². The fourth-order valence-electron chi connectivity index (χ4n) is 2.75. The maximum Gasteiger partial charge on any atom is 0.508 e. The van der Waals surface area contributed by atoms with E-state index in [-0.39, 0.29) is 0 Å². The second kappa shape index (κ2) is 8.71. The van der Waals surface area contributed by atoms with E-state index < -0.39 is 80.8 Å². The van der Waals surface area contributed by atoms with Crippen LogP contribution in [0.5, 0.6) is 0 Å². The Hall–Kier alpha value is -1.13. The van der Waals surface area contributed by atoms with Gasteiger partial charge < -0.3 is 59.8 Å². The van der Waals surface area contributed by atoms with Crippen molar-refractivity contribution in [3.8, 4) is 0 Å². The molecule has 0 bridgehead atoms. The molecule has 10 atom stereocenters. The molecule has 2 rings (SSSR count). The van der Waals surface area contributed by atoms with E-state index in [9.17, 15) is 35.4 Å². The highest BCUT2D eigenvalue weighted by atomic mass is 16.8. The SMILES string of the molecule is O=C(O)O[C@@H]1O[C@H](CO)[C@@H](O[C@H]2O[C@H](CO)[C@@H](O)[C@H](O)[C@H]2O)[C@H](O)[C@H]1O. The van der Waals surface area contributed by atoms with Crippen LogP contribution in [0.25, 0.3) is 0 Å². The van der Waals surface area contributed by atoms with Crippen LogP contribution in [-0.4, -0.2) is 122 Å². The van der Waals surface area contributed by atoms with Crippen LogP contribution in [-0.2, 0) is 18.9 Å². The molecule has 0 aromatic rings. The minimum atomic E-state index is -1.89. The van der Waals surface area contributed by atoms with Crippen molar-refractivity contribution in [3.05, 3.63) is 0 Å². The summed E-state index contributed by atoms with van der Waals surface area (Å²) in [7, 11) is 0. The number of ether oxygens (including phenoxy) is 4. The Morgan fingerprint density at radius 2 is 1.31 bits per heavy atom. The number of aliphatic hydroxyl groups excluding tert-OH is 7. The van der Waals surface area contributed by atoms with Crippen LogP contribution in [0.1, 0.15) is 0 Å². The monoisotopic (exact) mass is 386 g/mol.